The molecule has 0 atom stereocenters. The van der Waals surface area contributed by atoms with Gasteiger partial charge in [0.2, 0.25) is 17.8 Å². The van der Waals surface area contributed by atoms with Gasteiger partial charge in [0.1, 0.15) is 0 Å². The fraction of sp³-hybridized carbons (Fsp3) is 0.786. The lowest BCUT2D eigenvalue weighted by atomic mass is 10.0. The number of nitrogens with one attached hydrogen (secondary N) is 2. The molecule has 1 aromatic rings. The SMILES string of the molecule is CCNc1nc(NC(C)(C)CC)nc(N2CCOCC2)n1. The number of hydrogen-bond acceptors (Lipinski definition) is 7. The van der Waals surface area contributed by atoms with Crippen LogP contribution < -0.4 is 15.5 Å². The zero-order valence-corrected chi connectivity index (χ0v) is 13.4. The van der Waals surface area contributed by atoms with E-state index in [0.717, 1.165) is 26.1 Å². The zero-order chi connectivity index (χ0) is 15.3. The van der Waals surface area contributed by atoms with Crippen molar-refractivity contribution in [3.05, 3.63) is 0 Å². The standard InChI is InChI=1S/C14H26N6O/c1-5-14(3,4)19-12-16-11(15-6-2)17-13(18-12)20-7-9-21-10-8-20/h5-10H2,1-4H3,(H2,15,16,17,18,19). The predicted octanol–water partition coefficient (Wildman–Crippen LogP) is 1.74. The molecule has 0 spiro atoms. The van der Waals surface area contributed by atoms with E-state index in [2.05, 4.69) is 51.3 Å². The summed E-state index contributed by atoms with van der Waals surface area (Å²) in [7, 11) is 0. The molecule has 0 aliphatic carbocycles. The van der Waals surface area contributed by atoms with Crippen molar-refractivity contribution in [1.29, 1.82) is 0 Å². The molecule has 21 heavy (non-hydrogen) atoms. The van der Waals surface area contributed by atoms with Crippen molar-refractivity contribution in [2.24, 2.45) is 0 Å². The molecular weight excluding hydrogens is 268 g/mol. The molecule has 1 aliphatic heterocycles. The van der Waals surface area contributed by atoms with Crippen molar-refractivity contribution < 1.29 is 4.74 Å². The minimum absolute atomic E-state index is 0.0485. The van der Waals surface area contributed by atoms with Crippen LogP contribution >= 0.6 is 0 Å². The van der Waals surface area contributed by atoms with E-state index in [1.54, 1.807) is 0 Å². The van der Waals surface area contributed by atoms with Gasteiger partial charge in [-0.3, -0.25) is 0 Å². The molecule has 0 saturated carbocycles. The summed E-state index contributed by atoms with van der Waals surface area (Å²) < 4.78 is 5.38. The maximum absolute atomic E-state index is 5.38. The number of ether oxygens (including phenoxy) is 1. The Morgan fingerprint density at radius 2 is 1.76 bits per heavy atom. The Labute approximate surface area is 126 Å². The van der Waals surface area contributed by atoms with Gasteiger partial charge in [-0.1, -0.05) is 6.92 Å². The normalized spacial score (nSPS) is 15.9. The van der Waals surface area contributed by atoms with Gasteiger partial charge in [0.25, 0.3) is 0 Å². The van der Waals surface area contributed by atoms with Crippen molar-refractivity contribution in [2.45, 2.75) is 39.7 Å². The molecule has 0 unspecified atom stereocenters. The van der Waals surface area contributed by atoms with Crippen molar-refractivity contribution >= 4 is 17.8 Å². The van der Waals surface area contributed by atoms with Gasteiger partial charge < -0.3 is 20.3 Å². The van der Waals surface area contributed by atoms with E-state index in [-0.39, 0.29) is 5.54 Å². The van der Waals surface area contributed by atoms with Gasteiger partial charge in [-0.25, -0.2) is 0 Å². The smallest absolute Gasteiger partial charge is 0.232 e. The molecule has 2 N–H and O–H groups in total. The average Bonchev–Trinajstić information content (AvgIpc) is 2.48. The van der Waals surface area contributed by atoms with Crippen LogP contribution in [0, 0.1) is 0 Å². The molecule has 7 nitrogen and oxygen atoms in total. The van der Waals surface area contributed by atoms with Crippen molar-refractivity contribution in [2.75, 3.05) is 48.4 Å². The number of rotatable bonds is 6. The second-order valence-corrected chi connectivity index (χ2v) is 5.77. The number of nitrogens with zero attached hydrogens (tertiary/aromatic N) is 4. The van der Waals surface area contributed by atoms with Gasteiger partial charge in [-0.2, -0.15) is 15.0 Å². The lowest BCUT2D eigenvalue weighted by Crippen LogP contribution is -2.38. The van der Waals surface area contributed by atoms with Crippen LogP contribution in [0.15, 0.2) is 0 Å². The second kappa shape index (κ2) is 6.89. The largest absolute Gasteiger partial charge is 0.378 e. The summed E-state index contributed by atoms with van der Waals surface area (Å²) in [5.41, 5.74) is -0.0485. The third-order valence-electron chi connectivity index (χ3n) is 3.59. The van der Waals surface area contributed by atoms with Crippen LogP contribution in [0.5, 0.6) is 0 Å². The first-order chi connectivity index (χ1) is 10.0. The van der Waals surface area contributed by atoms with Gasteiger partial charge in [0.05, 0.1) is 13.2 Å². The second-order valence-electron chi connectivity index (χ2n) is 5.77. The molecule has 0 radical (unpaired) electrons. The zero-order valence-electron chi connectivity index (χ0n) is 13.4. The molecular formula is C14H26N6O. The fourth-order valence-corrected chi connectivity index (χ4v) is 1.95. The Morgan fingerprint density at radius 3 is 2.38 bits per heavy atom. The molecule has 2 rings (SSSR count). The summed E-state index contributed by atoms with van der Waals surface area (Å²) in [5, 5.41) is 6.56. The van der Waals surface area contributed by atoms with Gasteiger partial charge in [0.15, 0.2) is 0 Å². The monoisotopic (exact) mass is 294 g/mol. The Hall–Kier alpha value is -1.63. The van der Waals surface area contributed by atoms with Gasteiger partial charge in [0, 0.05) is 25.2 Å². The lowest BCUT2D eigenvalue weighted by molar-refractivity contribution is 0.122. The maximum Gasteiger partial charge on any atom is 0.232 e. The lowest BCUT2D eigenvalue weighted by Gasteiger charge is -2.28. The quantitative estimate of drug-likeness (QED) is 0.827. The van der Waals surface area contributed by atoms with Crippen molar-refractivity contribution in [3.63, 3.8) is 0 Å². The van der Waals surface area contributed by atoms with Gasteiger partial charge in [-0.05, 0) is 27.2 Å². The highest BCUT2D eigenvalue weighted by Gasteiger charge is 2.20. The van der Waals surface area contributed by atoms with Gasteiger partial charge in [-0.15, -0.1) is 0 Å². The molecule has 118 valence electrons. The average molecular weight is 294 g/mol. The third kappa shape index (κ3) is 4.42. The third-order valence-corrected chi connectivity index (χ3v) is 3.59. The van der Waals surface area contributed by atoms with E-state index >= 15 is 0 Å². The summed E-state index contributed by atoms with van der Waals surface area (Å²) in [6.45, 7) is 12.3. The van der Waals surface area contributed by atoms with Crippen LogP contribution in [-0.2, 0) is 4.74 Å². The van der Waals surface area contributed by atoms with Crippen LogP contribution in [0.3, 0.4) is 0 Å². The summed E-state index contributed by atoms with van der Waals surface area (Å²) in [6.07, 6.45) is 0.988. The molecule has 1 fully saturated rings. The number of hydrogen-bond donors (Lipinski definition) is 2. The van der Waals surface area contributed by atoms with E-state index in [9.17, 15) is 0 Å². The van der Waals surface area contributed by atoms with Crippen LogP contribution in [-0.4, -0.2) is 53.3 Å². The summed E-state index contributed by atoms with van der Waals surface area (Å²) in [5.74, 6) is 1.94. The minimum Gasteiger partial charge on any atom is -0.378 e. The number of aromatic nitrogens is 3. The van der Waals surface area contributed by atoms with Crippen LogP contribution in [0.4, 0.5) is 17.8 Å². The maximum atomic E-state index is 5.38. The highest BCUT2D eigenvalue weighted by molar-refractivity contribution is 5.45. The van der Waals surface area contributed by atoms with E-state index < -0.39 is 0 Å². The van der Waals surface area contributed by atoms with Crippen molar-refractivity contribution in [3.8, 4) is 0 Å². The molecule has 1 saturated heterocycles. The first kappa shape index (κ1) is 15.8. The highest BCUT2D eigenvalue weighted by Crippen LogP contribution is 2.19. The summed E-state index contributed by atoms with van der Waals surface area (Å²) in [6, 6.07) is 0. The van der Waals surface area contributed by atoms with E-state index in [4.69, 9.17) is 4.74 Å². The topological polar surface area (TPSA) is 75.2 Å². The molecule has 0 amide bonds. The predicted molar refractivity (Wildman–Crippen MR) is 85.0 cm³/mol. The Morgan fingerprint density at radius 1 is 1.10 bits per heavy atom. The molecule has 7 heteroatoms. The Bertz CT molecular complexity index is 459. The van der Waals surface area contributed by atoms with Crippen molar-refractivity contribution in [1.82, 2.24) is 15.0 Å². The molecule has 2 heterocycles. The minimum atomic E-state index is -0.0485. The number of anilines is 3. The first-order valence-corrected chi connectivity index (χ1v) is 7.65. The fourth-order valence-electron chi connectivity index (χ4n) is 1.95. The molecule has 0 bridgehead atoms. The molecule has 1 aliphatic rings. The van der Waals surface area contributed by atoms with Crippen LogP contribution in [0.1, 0.15) is 34.1 Å². The number of morpholine rings is 1. The van der Waals surface area contributed by atoms with E-state index in [0.29, 0.717) is 31.1 Å². The van der Waals surface area contributed by atoms with E-state index in [1.807, 2.05) is 6.92 Å². The van der Waals surface area contributed by atoms with Crippen LogP contribution in [0.2, 0.25) is 0 Å². The summed E-state index contributed by atoms with van der Waals surface area (Å²) in [4.78, 5) is 15.7. The molecule has 0 aromatic carbocycles. The highest BCUT2D eigenvalue weighted by atomic mass is 16.5. The Kier molecular flexibility index (Phi) is 5.17. The van der Waals surface area contributed by atoms with Crippen LogP contribution in [0.25, 0.3) is 0 Å². The Balaban J connectivity index is 2.24. The first-order valence-electron chi connectivity index (χ1n) is 7.65. The van der Waals surface area contributed by atoms with Gasteiger partial charge >= 0.3 is 0 Å². The van der Waals surface area contributed by atoms with E-state index in [1.165, 1.54) is 0 Å². The summed E-state index contributed by atoms with van der Waals surface area (Å²) >= 11 is 0. The molecule has 1 aromatic heterocycles.